The Morgan fingerprint density at radius 2 is 1.58 bits per heavy atom. The fourth-order valence-corrected chi connectivity index (χ4v) is 1.81. The minimum atomic E-state index is -4.75. The highest BCUT2D eigenvalue weighted by Crippen LogP contribution is 2.23. The fraction of sp³-hybridized carbons (Fsp3) is 0.125. The van der Waals surface area contributed by atoms with Gasteiger partial charge in [-0.3, -0.25) is 4.79 Å². The number of para-hydroxylation sites is 1. The summed E-state index contributed by atoms with van der Waals surface area (Å²) in [6.45, 7) is -0.205. The molecule has 0 saturated heterocycles. The second-order valence-corrected chi connectivity index (χ2v) is 4.81. The van der Waals surface area contributed by atoms with Crippen molar-refractivity contribution < 1.29 is 22.7 Å². The molecule has 0 unspecified atom stereocenters. The highest BCUT2D eigenvalue weighted by molar-refractivity contribution is 14.0. The summed E-state index contributed by atoms with van der Waals surface area (Å²) >= 11 is 0. The van der Waals surface area contributed by atoms with Crippen LogP contribution in [0.1, 0.15) is 0 Å². The zero-order chi connectivity index (χ0) is 18.3. The summed E-state index contributed by atoms with van der Waals surface area (Å²) in [5.41, 5.74) is 6.67. The van der Waals surface area contributed by atoms with E-state index < -0.39 is 6.36 Å². The minimum Gasteiger partial charge on any atom is -0.406 e. The number of nitrogens with zero attached hydrogens (tertiary/aromatic N) is 1. The number of hydrogen-bond acceptors (Lipinski definition) is 3. The van der Waals surface area contributed by atoms with E-state index >= 15 is 0 Å². The summed E-state index contributed by atoms with van der Waals surface area (Å²) in [7, 11) is 0. The van der Waals surface area contributed by atoms with Crippen LogP contribution in [0.25, 0.3) is 0 Å². The molecule has 0 radical (unpaired) electrons. The van der Waals surface area contributed by atoms with Gasteiger partial charge in [0.15, 0.2) is 5.96 Å². The Labute approximate surface area is 164 Å². The number of anilines is 2. The molecule has 0 saturated carbocycles. The lowest BCUT2D eigenvalue weighted by Gasteiger charge is -2.10. The smallest absolute Gasteiger partial charge is 0.406 e. The summed E-state index contributed by atoms with van der Waals surface area (Å²) in [4.78, 5) is 15.6. The molecule has 4 N–H and O–H groups in total. The Bertz CT molecular complexity index is 737. The zero-order valence-corrected chi connectivity index (χ0v) is 15.6. The number of nitrogens with one attached hydrogen (secondary N) is 2. The molecule has 1 amide bonds. The van der Waals surface area contributed by atoms with Crippen molar-refractivity contribution in [1.29, 1.82) is 0 Å². The van der Waals surface area contributed by atoms with Crippen LogP contribution in [0.2, 0.25) is 0 Å². The van der Waals surface area contributed by atoms with E-state index in [9.17, 15) is 18.0 Å². The minimum absolute atomic E-state index is 0. The van der Waals surface area contributed by atoms with E-state index in [1.165, 1.54) is 12.1 Å². The quantitative estimate of drug-likeness (QED) is 0.347. The van der Waals surface area contributed by atoms with Gasteiger partial charge in [-0.15, -0.1) is 37.1 Å². The molecule has 0 spiro atoms. The Kier molecular flexibility index (Phi) is 8.16. The van der Waals surface area contributed by atoms with E-state index in [4.69, 9.17) is 5.73 Å². The number of guanidine groups is 1. The van der Waals surface area contributed by atoms with Gasteiger partial charge in [0.25, 0.3) is 0 Å². The van der Waals surface area contributed by atoms with Crippen molar-refractivity contribution in [3.05, 3.63) is 54.6 Å². The number of rotatable bonds is 5. The first-order chi connectivity index (χ1) is 11.8. The van der Waals surface area contributed by atoms with Crippen LogP contribution in [0.4, 0.5) is 24.5 Å². The molecule has 0 heterocycles. The van der Waals surface area contributed by atoms with Gasteiger partial charge in [-0.25, -0.2) is 4.99 Å². The summed E-state index contributed by atoms with van der Waals surface area (Å²) < 4.78 is 40.0. The van der Waals surface area contributed by atoms with Crippen molar-refractivity contribution in [2.45, 2.75) is 6.36 Å². The Hall–Kier alpha value is -2.50. The first kappa shape index (κ1) is 21.5. The van der Waals surface area contributed by atoms with Gasteiger partial charge in [-0.05, 0) is 36.4 Å². The Balaban J connectivity index is 0.00000338. The molecule has 2 aromatic rings. The number of halogens is 4. The van der Waals surface area contributed by atoms with Gasteiger partial charge in [0.1, 0.15) is 12.3 Å². The van der Waals surface area contributed by atoms with E-state index in [-0.39, 0.29) is 48.1 Å². The number of nitrogens with two attached hydrogens (primary N) is 1. The fourth-order valence-electron chi connectivity index (χ4n) is 1.81. The summed E-state index contributed by atoms with van der Waals surface area (Å²) in [5.74, 6) is -0.756. The van der Waals surface area contributed by atoms with Crippen LogP contribution in [0.15, 0.2) is 59.6 Å². The number of ether oxygens (including phenoxy) is 1. The number of benzene rings is 2. The third-order valence-corrected chi connectivity index (χ3v) is 2.81. The average Bonchev–Trinajstić information content (AvgIpc) is 2.54. The molecular formula is C16H16F3IN4O2. The third-order valence-electron chi connectivity index (χ3n) is 2.81. The van der Waals surface area contributed by atoms with Gasteiger partial charge in [-0.1, -0.05) is 18.2 Å². The van der Waals surface area contributed by atoms with Crippen LogP contribution in [-0.4, -0.2) is 24.8 Å². The van der Waals surface area contributed by atoms with E-state index in [1.54, 1.807) is 24.3 Å². The standard InChI is InChI=1S/C16H15F3N4O2.HI/c17-16(18,19)25-13-8-6-12(7-9-13)23-15(20)21-10-14(24)22-11-4-2-1-3-5-11;/h1-9H,10H2,(H,22,24)(H3,20,21,23);1H. The van der Waals surface area contributed by atoms with Crippen molar-refractivity contribution in [3.8, 4) is 5.75 Å². The van der Waals surface area contributed by atoms with Crippen molar-refractivity contribution in [1.82, 2.24) is 0 Å². The monoisotopic (exact) mass is 480 g/mol. The van der Waals surface area contributed by atoms with Gasteiger partial charge >= 0.3 is 6.36 Å². The number of amides is 1. The number of aliphatic imine (C=N–C) groups is 1. The number of carbonyl (C=O) groups excluding carboxylic acids is 1. The second kappa shape index (κ2) is 9.85. The molecule has 0 aliphatic rings. The largest absolute Gasteiger partial charge is 0.573 e. The molecule has 2 rings (SSSR count). The number of carbonyl (C=O) groups is 1. The molecule has 10 heteroatoms. The van der Waals surface area contributed by atoms with Crippen LogP contribution < -0.4 is 21.1 Å². The molecule has 26 heavy (non-hydrogen) atoms. The lowest BCUT2D eigenvalue weighted by atomic mass is 10.3. The predicted octanol–water partition coefficient (Wildman–Crippen LogP) is 3.57. The molecule has 140 valence electrons. The zero-order valence-electron chi connectivity index (χ0n) is 13.3. The molecule has 2 aromatic carbocycles. The van der Waals surface area contributed by atoms with E-state index in [0.717, 1.165) is 12.1 Å². The van der Waals surface area contributed by atoms with Crippen molar-refractivity contribution >= 4 is 47.2 Å². The highest BCUT2D eigenvalue weighted by atomic mass is 127. The summed E-state index contributed by atoms with van der Waals surface area (Å²) in [6, 6.07) is 13.8. The molecule has 0 fully saturated rings. The third kappa shape index (κ3) is 8.05. The summed E-state index contributed by atoms with van der Waals surface area (Å²) in [5, 5.41) is 5.30. The molecule has 0 aliphatic carbocycles. The normalized spacial score (nSPS) is 11.3. The van der Waals surface area contributed by atoms with E-state index in [0.29, 0.717) is 11.4 Å². The molecular weight excluding hydrogens is 464 g/mol. The highest BCUT2D eigenvalue weighted by Gasteiger charge is 2.30. The molecule has 6 nitrogen and oxygen atoms in total. The van der Waals surface area contributed by atoms with Crippen molar-refractivity contribution in [2.24, 2.45) is 10.7 Å². The predicted molar refractivity (Wildman–Crippen MR) is 104 cm³/mol. The van der Waals surface area contributed by atoms with Gasteiger partial charge < -0.3 is 21.1 Å². The van der Waals surface area contributed by atoms with Crippen LogP contribution in [0, 0.1) is 0 Å². The number of hydrogen-bond donors (Lipinski definition) is 3. The number of alkyl halides is 3. The summed E-state index contributed by atoms with van der Waals surface area (Å²) in [6.07, 6.45) is -4.75. The van der Waals surface area contributed by atoms with E-state index in [2.05, 4.69) is 20.4 Å². The van der Waals surface area contributed by atoms with Gasteiger partial charge in [0.2, 0.25) is 5.91 Å². The molecule has 0 atom stereocenters. The lowest BCUT2D eigenvalue weighted by molar-refractivity contribution is -0.274. The molecule has 0 bridgehead atoms. The van der Waals surface area contributed by atoms with Gasteiger partial charge in [0, 0.05) is 11.4 Å². The second-order valence-electron chi connectivity index (χ2n) is 4.81. The van der Waals surface area contributed by atoms with Crippen LogP contribution in [-0.2, 0) is 4.79 Å². The lowest BCUT2D eigenvalue weighted by Crippen LogP contribution is -2.25. The SMILES string of the molecule is I.NC(=NCC(=O)Nc1ccccc1)Nc1ccc(OC(F)(F)F)cc1. The Morgan fingerprint density at radius 3 is 2.15 bits per heavy atom. The van der Waals surface area contributed by atoms with Crippen molar-refractivity contribution in [2.75, 3.05) is 17.2 Å². The average molecular weight is 480 g/mol. The Morgan fingerprint density at radius 1 is 1.00 bits per heavy atom. The maximum Gasteiger partial charge on any atom is 0.573 e. The van der Waals surface area contributed by atoms with E-state index in [1.807, 2.05) is 6.07 Å². The van der Waals surface area contributed by atoms with Crippen molar-refractivity contribution in [3.63, 3.8) is 0 Å². The maximum atomic E-state index is 12.1. The maximum absolute atomic E-state index is 12.1. The van der Waals surface area contributed by atoms with Crippen LogP contribution >= 0.6 is 24.0 Å². The molecule has 0 aliphatic heterocycles. The van der Waals surface area contributed by atoms with Crippen LogP contribution in [0.3, 0.4) is 0 Å². The molecule has 0 aromatic heterocycles. The topological polar surface area (TPSA) is 88.7 Å². The first-order valence-electron chi connectivity index (χ1n) is 7.09. The van der Waals surface area contributed by atoms with Crippen LogP contribution in [0.5, 0.6) is 5.75 Å². The first-order valence-corrected chi connectivity index (χ1v) is 7.09. The van der Waals surface area contributed by atoms with Gasteiger partial charge in [0.05, 0.1) is 0 Å². The van der Waals surface area contributed by atoms with Gasteiger partial charge in [-0.2, -0.15) is 0 Å².